The van der Waals surface area contributed by atoms with E-state index < -0.39 is 122 Å². The molecule has 24 nitrogen and oxygen atoms in total. The molecule has 1 fully saturated rings. The molecule has 1 rings (SSSR count). The third-order valence-corrected chi connectivity index (χ3v) is 6.38. The zero-order valence-electron chi connectivity index (χ0n) is 23.0. The zero-order chi connectivity index (χ0) is 35.7. The quantitative estimate of drug-likeness (QED) is 0.0459. The van der Waals surface area contributed by atoms with E-state index in [9.17, 15) is 85.6 Å². The lowest BCUT2D eigenvalue weighted by molar-refractivity contribution is -0.384. The monoisotopic (exact) mass is 682 g/mol. The Labute approximate surface area is 255 Å². The molecular weight excluding hydrogens is 648 g/mol. The van der Waals surface area contributed by atoms with Crippen LogP contribution in [0, 0.1) is 0 Å². The number of rotatable bonds is 14. The van der Waals surface area contributed by atoms with Gasteiger partial charge in [-0.3, -0.25) is 0 Å². The standard InChI is InChI=1S/C22H34O24/c23-3-6(26)10(30)12(32)15(35)19(38)45-43-8(28)1-2-9(29)44-46-20(39)22(41,17(37)11(31)7(27)4-24)18-14(34)13(33)16(36)21(40,5-25)42-18/h1-2,6-7,10-18,23-27,30-37,40-41H,3-5H2/b2-1+/t6?,7?,10?,11?,12?,13-,14+,15?,16+,17?,18?,21+,22?/m1/s1. The molecule has 0 spiro atoms. The fourth-order valence-electron chi connectivity index (χ4n) is 3.59. The third kappa shape index (κ3) is 9.29. The van der Waals surface area contributed by atoms with Gasteiger partial charge in [0.15, 0.2) is 6.10 Å². The highest BCUT2D eigenvalue weighted by Gasteiger charge is 2.65. The summed E-state index contributed by atoms with van der Waals surface area (Å²) in [6.07, 6.45) is -27.9. The first-order valence-electron chi connectivity index (χ1n) is 12.5. The summed E-state index contributed by atoms with van der Waals surface area (Å²) in [6.45, 7) is -3.99. The summed E-state index contributed by atoms with van der Waals surface area (Å²) < 4.78 is 4.73. The van der Waals surface area contributed by atoms with Gasteiger partial charge in [-0.1, -0.05) is 0 Å². The van der Waals surface area contributed by atoms with Crippen molar-refractivity contribution in [1.29, 1.82) is 0 Å². The van der Waals surface area contributed by atoms with Crippen molar-refractivity contribution in [3.8, 4) is 0 Å². The van der Waals surface area contributed by atoms with Crippen LogP contribution in [0.3, 0.4) is 0 Å². The summed E-state index contributed by atoms with van der Waals surface area (Å²) in [5.74, 6) is -11.2. The SMILES string of the molecule is O=C(/C=C/C(=O)OOC(=O)C(O)(C(O)C(O)C(O)CO)C1O[C@@](O)(CO)[C@@H](O)[C@H](O)[C@@H]1O)OOC(=O)C(O)C(O)C(O)C(O)CO. The first-order valence-corrected chi connectivity index (χ1v) is 12.5. The predicted octanol–water partition coefficient (Wildman–Crippen LogP) is -11.1. The number of aliphatic hydroxyl groups is 15. The van der Waals surface area contributed by atoms with Crippen LogP contribution in [0.15, 0.2) is 12.2 Å². The number of hydrogen-bond donors (Lipinski definition) is 15. The van der Waals surface area contributed by atoms with E-state index in [-0.39, 0.29) is 12.2 Å². The Kier molecular flexibility index (Phi) is 15.4. The molecule has 0 aromatic carbocycles. The van der Waals surface area contributed by atoms with Gasteiger partial charge in [0.2, 0.25) is 11.4 Å². The summed E-state index contributed by atoms with van der Waals surface area (Å²) in [4.78, 5) is 63.6. The molecule has 9 unspecified atom stereocenters. The largest absolute Gasteiger partial charge is 0.394 e. The lowest BCUT2D eigenvalue weighted by atomic mass is 9.78. The van der Waals surface area contributed by atoms with Gasteiger partial charge in [0.05, 0.1) is 19.8 Å². The minimum atomic E-state index is -4.00. The van der Waals surface area contributed by atoms with E-state index in [0.717, 1.165) is 0 Å². The van der Waals surface area contributed by atoms with Crippen LogP contribution in [-0.2, 0) is 43.5 Å². The van der Waals surface area contributed by atoms with E-state index in [4.69, 9.17) is 14.9 Å². The number of carbonyl (C=O) groups excluding carboxylic acids is 4. The minimum Gasteiger partial charge on any atom is -0.394 e. The highest BCUT2D eigenvalue weighted by atomic mass is 17.2. The Bertz CT molecular complexity index is 1070. The number of hydrogen-bond acceptors (Lipinski definition) is 24. The summed E-state index contributed by atoms with van der Waals surface area (Å²) >= 11 is 0. The average molecular weight is 682 g/mol. The fourth-order valence-corrected chi connectivity index (χ4v) is 3.59. The Morgan fingerprint density at radius 2 is 1.22 bits per heavy atom. The van der Waals surface area contributed by atoms with Crippen LogP contribution >= 0.6 is 0 Å². The predicted molar refractivity (Wildman–Crippen MR) is 130 cm³/mol. The van der Waals surface area contributed by atoms with Crippen LogP contribution in [0.1, 0.15) is 0 Å². The van der Waals surface area contributed by atoms with E-state index in [1.54, 1.807) is 0 Å². The molecule has 1 saturated heterocycles. The molecule has 1 aliphatic rings. The van der Waals surface area contributed by atoms with Crippen LogP contribution in [0.25, 0.3) is 0 Å². The maximum atomic E-state index is 12.8. The first kappa shape index (κ1) is 41.0. The molecule has 46 heavy (non-hydrogen) atoms. The summed E-state index contributed by atoms with van der Waals surface area (Å²) in [5, 5.41) is 147. The van der Waals surface area contributed by atoms with Gasteiger partial charge in [-0.15, -0.1) is 0 Å². The zero-order valence-corrected chi connectivity index (χ0v) is 23.0. The van der Waals surface area contributed by atoms with Crippen molar-refractivity contribution in [1.82, 2.24) is 0 Å². The first-order chi connectivity index (χ1) is 21.2. The van der Waals surface area contributed by atoms with Crippen LogP contribution in [-0.4, -0.2) is 199 Å². The summed E-state index contributed by atoms with van der Waals surface area (Å²) in [7, 11) is 0. The van der Waals surface area contributed by atoms with Crippen molar-refractivity contribution >= 4 is 23.9 Å². The second-order valence-corrected chi connectivity index (χ2v) is 9.57. The van der Waals surface area contributed by atoms with E-state index in [1.807, 2.05) is 0 Å². The Morgan fingerprint density at radius 3 is 1.70 bits per heavy atom. The Morgan fingerprint density at radius 1 is 0.739 bits per heavy atom. The van der Waals surface area contributed by atoms with E-state index in [0.29, 0.717) is 0 Å². The van der Waals surface area contributed by atoms with Crippen molar-refractivity contribution < 1.29 is 120 Å². The minimum absolute atomic E-state index is 0.0759. The van der Waals surface area contributed by atoms with Crippen molar-refractivity contribution in [2.45, 2.75) is 78.5 Å². The maximum absolute atomic E-state index is 12.8. The summed E-state index contributed by atoms with van der Waals surface area (Å²) in [5.41, 5.74) is -4.00. The normalized spacial score (nSPS) is 29.3. The smallest absolute Gasteiger partial charge is 0.392 e. The van der Waals surface area contributed by atoms with Crippen molar-refractivity contribution in [2.24, 2.45) is 0 Å². The van der Waals surface area contributed by atoms with Gasteiger partial charge in [0.1, 0.15) is 61.0 Å². The number of carbonyl (C=O) groups is 4. The lowest BCUT2D eigenvalue weighted by Crippen LogP contribution is -2.75. The molecule has 0 amide bonds. The second kappa shape index (κ2) is 17.2. The molecule has 1 aliphatic heterocycles. The highest BCUT2D eigenvalue weighted by Crippen LogP contribution is 2.36. The van der Waals surface area contributed by atoms with Gasteiger partial charge in [-0.2, -0.15) is 0 Å². The van der Waals surface area contributed by atoms with Crippen LogP contribution in [0.2, 0.25) is 0 Å². The molecule has 15 N–H and O–H groups in total. The van der Waals surface area contributed by atoms with Gasteiger partial charge < -0.3 is 81.3 Å². The highest BCUT2D eigenvalue weighted by molar-refractivity contribution is 5.92. The van der Waals surface area contributed by atoms with Gasteiger partial charge in [-0.25, -0.2) is 38.7 Å². The maximum Gasteiger partial charge on any atom is 0.392 e. The van der Waals surface area contributed by atoms with Gasteiger partial charge in [-0.05, 0) is 0 Å². The van der Waals surface area contributed by atoms with Crippen LogP contribution < -0.4 is 0 Å². The lowest BCUT2D eigenvalue weighted by Gasteiger charge is -2.50. The molecule has 0 aromatic heterocycles. The van der Waals surface area contributed by atoms with Crippen molar-refractivity contribution in [3.63, 3.8) is 0 Å². The Hall–Kier alpha value is -3.02. The fraction of sp³-hybridized carbons (Fsp3) is 0.727. The molecular formula is C22H34O24. The Balaban J connectivity index is 3.02. The molecule has 1 heterocycles. The summed E-state index contributed by atoms with van der Waals surface area (Å²) in [6, 6.07) is 0. The number of aliphatic hydroxyl groups excluding tert-OH is 13. The van der Waals surface area contributed by atoms with Crippen LogP contribution in [0.5, 0.6) is 0 Å². The van der Waals surface area contributed by atoms with E-state index in [1.165, 1.54) is 0 Å². The van der Waals surface area contributed by atoms with E-state index in [2.05, 4.69) is 19.6 Å². The topological polar surface area (TPSA) is 418 Å². The molecule has 0 bridgehead atoms. The molecule has 0 radical (unpaired) electrons. The van der Waals surface area contributed by atoms with Gasteiger partial charge in [0.25, 0.3) is 0 Å². The number of ether oxygens (including phenoxy) is 1. The molecule has 13 atom stereocenters. The second-order valence-electron chi connectivity index (χ2n) is 9.57. The van der Waals surface area contributed by atoms with Gasteiger partial charge >= 0.3 is 23.9 Å². The molecule has 24 heteroatoms. The van der Waals surface area contributed by atoms with Crippen molar-refractivity contribution in [2.75, 3.05) is 19.8 Å². The molecule has 0 aliphatic carbocycles. The molecule has 0 saturated carbocycles. The van der Waals surface area contributed by atoms with Crippen molar-refractivity contribution in [3.05, 3.63) is 12.2 Å². The van der Waals surface area contributed by atoms with Gasteiger partial charge in [0, 0.05) is 12.2 Å². The average Bonchev–Trinajstić information content (AvgIpc) is 3.05. The van der Waals surface area contributed by atoms with Crippen LogP contribution in [0.4, 0.5) is 0 Å². The van der Waals surface area contributed by atoms with E-state index >= 15 is 0 Å². The molecule has 266 valence electrons. The molecule has 0 aromatic rings. The third-order valence-electron chi connectivity index (χ3n) is 6.38.